The number of anilines is 1. The molecular formula is C12H19FN4O2S. The molecule has 0 spiro atoms. The topological polar surface area (TPSA) is 78.7 Å². The number of nitrogens with zero attached hydrogens (tertiary/aromatic N) is 2. The van der Waals surface area contributed by atoms with Gasteiger partial charge in [0.15, 0.2) is 0 Å². The molecule has 112 valence electrons. The Morgan fingerprint density at radius 3 is 2.45 bits per heavy atom. The van der Waals surface area contributed by atoms with E-state index in [9.17, 15) is 12.8 Å². The van der Waals surface area contributed by atoms with Crippen LogP contribution in [0.2, 0.25) is 0 Å². The summed E-state index contributed by atoms with van der Waals surface area (Å²) in [7, 11) is -1.99. The van der Waals surface area contributed by atoms with Gasteiger partial charge in [-0.1, -0.05) is 0 Å². The predicted molar refractivity (Wildman–Crippen MR) is 74.9 cm³/mol. The van der Waals surface area contributed by atoms with Gasteiger partial charge < -0.3 is 10.6 Å². The first-order chi connectivity index (χ1) is 9.29. The minimum absolute atomic E-state index is 0.212. The van der Waals surface area contributed by atoms with Crippen molar-refractivity contribution in [3.63, 3.8) is 0 Å². The third-order valence-corrected chi connectivity index (χ3v) is 4.66. The van der Waals surface area contributed by atoms with Crippen molar-refractivity contribution in [3.8, 4) is 0 Å². The molecule has 1 heterocycles. The molecule has 0 saturated carbocycles. The summed E-state index contributed by atoms with van der Waals surface area (Å²) in [6, 6.07) is 2.55. The molecule has 8 heteroatoms. The van der Waals surface area contributed by atoms with Crippen molar-refractivity contribution in [1.29, 1.82) is 0 Å². The summed E-state index contributed by atoms with van der Waals surface area (Å²) in [6.45, 7) is 4.10. The van der Waals surface area contributed by atoms with Crippen molar-refractivity contribution in [2.24, 2.45) is 0 Å². The number of aryl methyl sites for hydroxylation is 1. The molecule has 2 rings (SSSR count). The smallest absolute Gasteiger partial charge is 0.256 e. The number of nitrogens with two attached hydrogens (primary N) is 1. The number of benzene rings is 1. The Bertz CT molecular complexity index is 598. The maximum absolute atomic E-state index is 14.0. The number of rotatable bonds is 3. The van der Waals surface area contributed by atoms with E-state index in [0.29, 0.717) is 13.1 Å². The lowest BCUT2D eigenvalue weighted by Crippen LogP contribution is -2.52. The van der Waals surface area contributed by atoms with Crippen LogP contribution < -0.4 is 10.6 Å². The van der Waals surface area contributed by atoms with Crippen molar-refractivity contribution in [3.05, 3.63) is 23.5 Å². The summed E-state index contributed by atoms with van der Waals surface area (Å²) < 4.78 is 38.5. The molecule has 0 radical (unpaired) electrons. The van der Waals surface area contributed by atoms with Crippen molar-refractivity contribution in [1.82, 2.24) is 14.7 Å². The largest absolute Gasteiger partial charge is 0.399 e. The number of piperazine rings is 1. The van der Waals surface area contributed by atoms with Crippen LogP contribution in [0.1, 0.15) is 5.56 Å². The second kappa shape index (κ2) is 5.65. The summed E-state index contributed by atoms with van der Waals surface area (Å²) in [6.07, 6.45) is 0. The van der Waals surface area contributed by atoms with E-state index in [1.807, 2.05) is 7.05 Å². The number of halogens is 1. The molecule has 1 aromatic rings. The molecule has 1 aliphatic heterocycles. The lowest BCUT2D eigenvalue weighted by atomic mass is 10.2. The van der Waals surface area contributed by atoms with Crippen LogP contribution in [-0.2, 0) is 10.0 Å². The fourth-order valence-electron chi connectivity index (χ4n) is 2.08. The fourth-order valence-corrected chi connectivity index (χ4v) is 3.39. The molecule has 1 aromatic carbocycles. The number of hydrazine groups is 1. The lowest BCUT2D eigenvalue weighted by molar-refractivity contribution is 0.134. The molecule has 20 heavy (non-hydrogen) atoms. The normalized spacial score (nSPS) is 18.4. The average Bonchev–Trinajstić information content (AvgIpc) is 2.36. The molecule has 0 unspecified atom stereocenters. The molecule has 0 aromatic heterocycles. The second-order valence-electron chi connectivity index (χ2n) is 5.03. The first-order valence-electron chi connectivity index (χ1n) is 6.31. The number of hydrogen-bond acceptors (Lipinski definition) is 5. The SMILES string of the molecule is Cc1cc(N)cc(S(=O)(=O)NN2CCN(C)CC2)c1F. The van der Waals surface area contributed by atoms with E-state index in [4.69, 9.17) is 5.73 Å². The molecule has 3 N–H and O–H groups in total. The van der Waals surface area contributed by atoms with E-state index in [2.05, 4.69) is 9.73 Å². The number of sulfonamides is 1. The molecule has 1 aliphatic rings. The van der Waals surface area contributed by atoms with E-state index in [1.165, 1.54) is 13.0 Å². The van der Waals surface area contributed by atoms with Gasteiger partial charge in [-0.2, -0.15) is 0 Å². The molecule has 1 saturated heterocycles. The number of likely N-dealkylation sites (N-methyl/N-ethyl adjacent to an activating group) is 1. The highest BCUT2D eigenvalue weighted by molar-refractivity contribution is 7.89. The highest BCUT2D eigenvalue weighted by atomic mass is 32.2. The summed E-state index contributed by atoms with van der Waals surface area (Å²) >= 11 is 0. The summed E-state index contributed by atoms with van der Waals surface area (Å²) in [5, 5.41) is 1.58. The Morgan fingerprint density at radius 1 is 1.25 bits per heavy atom. The van der Waals surface area contributed by atoms with Crippen LogP contribution >= 0.6 is 0 Å². The van der Waals surface area contributed by atoms with Gasteiger partial charge in [-0.25, -0.2) is 17.8 Å². The van der Waals surface area contributed by atoms with Crippen LogP contribution in [-0.4, -0.2) is 51.6 Å². The average molecular weight is 302 g/mol. The standard InChI is InChI=1S/C12H19FN4O2S/c1-9-7-10(14)8-11(12(9)13)20(18,19)15-17-5-3-16(2)4-6-17/h7-8,15H,3-6,14H2,1-2H3. The van der Waals surface area contributed by atoms with Gasteiger partial charge in [0.2, 0.25) is 0 Å². The first-order valence-corrected chi connectivity index (χ1v) is 7.79. The van der Waals surface area contributed by atoms with E-state index in [1.54, 1.807) is 5.01 Å². The van der Waals surface area contributed by atoms with Crippen molar-refractivity contribution in [2.75, 3.05) is 39.0 Å². The van der Waals surface area contributed by atoms with Crippen molar-refractivity contribution < 1.29 is 12.8 Å². The Balaban J connectivity index is 2.23. The zero-order valence-electron chi connectivity index (χ0n) is 11.6. The predicted octanol–water partition coefficient (Wildman–Crippen LogP) is 0.157. The van der Waals surface area contributed by atoms with Crippen LogP contribution in [0.25, 0.3) is 0 Å². The number of nitrogens with one attached hydrogen (secondary N) is 1. The minimum atomic E-state index is -3.95. The summed E-state index contributed by atoms with van der Waals surface area (Å²) in [5.74, 6) is -0.763. The van der Waals surface area contributed by atoms with Crippen LogP contribution in [0.15, 0.2) is 17.0 Å². The van der Waals surface area contributed by atoms with Crippen LogP contribution in [0, 0.1) is 12.7 Å². The Labute approximate surface area is 118 Å². The molecule has 6 nitrogen and oxygen atoms in total. The Kier molecular flexibility index (Phi) is 4.28. The third-order valence-electron chi connectivity index (χ3n) is 3.29. The van der Waals surface area contributed by atoms with E-state index in [0.717, 1.165) is 19.2 Å². The highest BCUT2D eigenvalue weighted by Gasteiger charge is 2.25. The molecule has 0 aliphatic carbocycles. The monoisotopic (exact) mass is 302 g/mol. The molecule has 0 bridgehead atoms. The second-order valence-corrected chi connectivity index (χ2v) is 6.66. The lowest BCUT2D eigenvalue weighted by Gasteiger charge is -2.32. The van der Waals surface area contributed by atoms with Gasteiger partial charge in [0.1, 0.15) is 10.7 Å². The Morgan fingerprint density at radius 2 is 1.85 bits per heavy atom. The number of hydrogen-bond donors (Lipinski definition) is 2. The van der Waals surface area contributed by atoms with Crippen LogP contribution in [0.3, 0.4) is 0 Å². The zero-order valence-corrected chi connectivity index (χ0v) is 12.4. The maximum Gasteiger partial charge on any atom is 0.256 e. The van der Waals surface area contributed by atoms with E-state index >= 15 is 0 Å². The van der Waals surface area contributed by atoms with E-state index < -0.39 is 20.7 Å². The van der Waals surface area contributed by atoms with Gasteiger partial charge in [0.05, 0.1) is 0 Å². The summed E-state index contributed by atoms with van der Waals surface area (Å²) in [4.78, 5) is 4.10. The van der Waals surface area contributed by atoms with Crippen molar-refractivity contribution in [2.45, 2.75) is 11.8 Å². The quantitative estimate of drug-likeness (QED) is 0.778. The minimum Gasteiger partial charge on any atom is -0.399 e. The zero-order chi connectivity index (χ0) is 14.9. The molecular weight excluding hydrogens is 283 g/mol. The van der Waals surface area contributed by atoms with Crippen LogP contribution in [0.5, 0.6) is 0 Å². The van der Waals surface area contributed by atoms with Gasteiger partial charge >= 0.3 is 0 Å². The van der Waals surface area contributed by atoms with E-state index in [-0.39, 0.29) is 11.3 Å². The first kappa shape index (κ1) is 15.2. The van der Waals surface area contributed by atoms with Gasteiger partial charge in [-0.15, -0.1) is 4.83 Å². The van der Waals surface area contributed by atoms with Gasteiger partial charge in [-0.3, -0.25) is 0 Å². The van der Waals surface area contributed by atoms with Gasteiger partial charge in [0.25, 0.3) is 10.0 Å². The van der Waals surface area contributed by atoms with Gasteiger partial charge in [0, 0.05) is 31.9 Å². The molecule has 1 fully saturated rings. The molecule has 0 atom stereocenters. The van der Waals surface area contributed by atoms with Crippen molar-refractivity contribution >= 4 is 15.7 Å². The van der Waals surface area contributed by atoms with Crippen LogP contribution in [0.4, 0.5) is 10.1 Å². The highest BCUT2D eigenvalue weighted by Crippen LogP contribution is 2.21. The molecule has 0 amide bonds. The van der Waals surface area contributed by atoms with Gasteiger partial charge in [-0.05, 0) is 31.7 Å². The number of nitrogen functional groups attached to an aromatic ring is 1. The third kappa shape index (κ3) is 3.26. The maximum atomic E-state index is 14.0. The fraction of sp³-hybridized carbons (Fsp3) is 0.500. The summed E-state index contributed by atoms with van der Waals surface area (Å²) in [5.41, 5.74) is 6.03. The Hall–Kier alpha value is -1.22.